The Labute approximate surface area is 76.4 Å². The molecule has 0 aliphatic heterocycles. The van der Waals surface area contributed by atoms with Gasteiger partial charge in [-0.1, -0.05) is 0 Å². The molecule has 0 spiro atoms. The Morgan fingerprint density at radius 2 is 1.79 bits per heavy atom. The van der Waals surface area contributed by atoms with E-state index in [4.69, 9.17) is 5.53 Å². The Morgan fingerprint density at radius 3 is 2.29 bits per heavy atom. The third-order valence-corrected chi connectivity index (χ3v) is 1.51. The Bertz CT molecular complexity index is 438. The maximum atomic E-state index is 12.9. The summed E-state index contributed by atoms with van der Waals surface area (Å²) >= 11 is 0. The van der Waals surface area contributed by atoms with Gasteiger partial charge in [-0.3, -0.25) is 4.79 Å². The lowest BCUT2D eigenvalue weighted by atomic mass is 10.1. The molecule has 0 aromatic heterocycles. The normalized spacial score (nSPS) is 9.36. The zero-order valence-electron chi connectivity index (χ0n) is 6.67. The number of carbonyl (C=O) groups is 1. The topological polar surface area (TPSA) is 53.5 Å². The van der Waals surface area contributed by atoms with Gasteiger partial charge in [0, 0.05) is 6.07 Å². The second-order valence-corrected chi connectivity index (χ2v) is 2.35. The van der Waals surface area contributed by atoms with Crippen molar-refractivity contribution in [1.82, 2.24) is 0 Å². The van der Waals surface area contributed by atoms with Crippen LogP contribution in [0.2, 0.25) is 0 Å². The van der Waals surface area contributed by atoms with Gasteiger partial charge in [0.15, 0.2) is 11.6 Å². The molecule has 0 N–H and O–H groups in total. The number of rotatable bonds is 2. The molecule has 14 heavy (non-hydrogen) atoms. The molecule has 0 saturated heterocycles. The summed E-state index contributed by atoms with van der Waals surface area (Å²) in [5.41, 5.74) is 6.93. The summed E-state index contributed by atoms with van der Waals surface area (Å²) in [5, 5.41) is 0. The minimum Gasteiger partial charge on any atom is -0.361 e. The fourth-order valence-corrected chi connectivity index (χ4v) is 0.860. The van der Waals surface area contributed by atoms with E-state index in [1.807, 2.05) is 0 Å². The number of halogens is 3. The lowest BCUT2D eigenvalue weighted by molar-refractivity contribution is -0.106. The van der Waals surface area contributed by atoms with Crippen molar-refractivity contribution >= 4 is 12.0 Å². The van der Waals surface area contributed by atoms with Crippen LogP contribution in [0.5, 0.6) is 0 Å². The minimum atomic E-state index is -1.38. The molecule has 72 valence electrons. The number of aldehydes is 1. The van der Waals surface area contributed by atoms with Gasteiger partial charge in [-0.05, 0) is 6.07 Å². The van der Waals surface area contributed by atoms with Crippen molar-refractivity contribution in [2.45, 2.75) is 0 Å². The molecule has 1 aromatic rings. The van der Waals surface area contributed by atoms with E-state index < -0.39 is 28.7 Å². The molecule has 1 rings (SSSR count). The highest BCUT2D eigenvalue weighted by atomic mass is 19.2. The molecule has 0 radical (unpaired) electrons. The van der Waals surface area contributed by atoms with E-state index in [1.54, 1.807) is 0 Å². The van der Waals surface area contributed by atoms with E-state index in [2.05, 4.69) is 4.79 Å². The van der Waals surface area contributed by atoms with E-state index in [-0.39, 0.29) is 12.4 Å². The van der Waals surface area contributed by atoms with Crippen LogP contribution in [0.3, 0.4) is 0 Å². The van der Waals surface area contributed by atoms with Crippen LogP contribution in [0.15, 0.2) is 12.1 Å². The predicted molar refractivity (Wildman–Crippen MR) is 40.1 cm³/mol. The quantitative estimate of drug-likeness (QED) is 0.233. The van der Waals surface area contributed by atoms with E-state index >= 15 is 0 Å². The molecule has 0 saturated carbocycles. The summed E-state index contributed by atoms with van der Waals surface area (Å²) in [6.45, 7) is 0. The molecular weight excluding hydrogens is 197 g/mol. The molecule has 0 fully saturated rings. The van der Waals surface area contributed by atoms with E-state index in [9.17, 15) is 18.0 Å². The standard InChI is InChI=1S/C8H3F3N2O/c9-5-2-7(11)6(10)1-4(5)8(3-14)13-12/h1-3H. The largest absolute Gasteiger partial charge is 0.364 e. The average molecular weight is 200 g/mol. The summed E-state index contributed by atoms with van der Waals surface area (Å²) < 4.78 is 37.9. The average Bonchev–Trinajstić information content (AvgIpc) is 2.15. The Morgan fingerprint density at radius 1 is 1.21 bits per heavy atom. The second-order valence-electron chi connectivity index (χ2n) is 2.35. The maximum Gasteiger partial charge on any atom is 0.364 e. The van der Waals surface area contributed by atoms with E-state index in [0.717, 1.165) is 0 Å². The predicted octanol–water partition coefficient (Wildman–Crippen LogP) is 1.32. The first kappa shape index (κ1) is 10.1. The maximum absolute atomic E-state index is 12.9. The van der Waals surface area contributed by atoms with Crippen LogP contribution in [0.1, 0.15) is 5.56 Å². The van der Waals surface area contributed by atoms with Gasteiger partial charge in [-0.25, -0.2) is 13.2 Å². The van der Waals surface area contributed by atoms with Crippen molar-refractivity contribution in [2.24, 2.45) is 0 Å². The molecule has 0 heterocycles. The molecular formula is C8H3F3N2O. The number of hydrogen-bond donors (Lipinski definition) is 0. The Balaban J connectivity index is 3.43. The summed E-state index contributed by atoms with van der Waals surface area (Å²) in [5.74, 6) is -3.89. The Hall–Kier alpha value is -1.94. The number of hydrogen-bond acceptors (Lipinski definition) is 1. The van der Waals surface area contributed by atoms with Crippen LogP contribution >= 0.6 is 0 Å². The van der Waals surface area contributed by atoms with Crippen LogP contribution in [0, 0.1) is 17.5 Å². The van der Waals surface area contributed by atoms with Crippen molar-refractivity contribution in [1.29, 1.82) is 0 Å². The lowest BCUT2D eigenvalue weighted by Crippen LogP contribution is -2.08. The van der Waals surface area contributed by atoms with E-state index in [0.29, 0.717) is 6.07 Å². The summed E-state index contributed by atoms with van der Waals surface area (Å²) in [4.78, 5) is 12.6. The third-order valence-electron chi connectivity index (χ3n) is 1.51. The highest BCUT2D eigenvalue weighted by molar-refractivity contribution is 6.33. The van der Waals surface area contributed by atoms with Gasteiger partial charge < -0.3 is 5.53 Å². The van der Waals surface area contributed by atoms with Gasteiger partial charge in [0.2, 0.25) is 6.29 Å². The molecule has 0 aliphatic rings. The van der Waals surface area contributed by atoms with Crippen molar-refractivity contribution in [3.8, 4) is 0 Å². The van der Waals surface area contributed by atoms with Gasteiger partial charge in [-0.15, -0.1) is 0 Å². The van der Waals surface area contributed by atoms with Gasteiger partial charge in [0.25, 0.3) is 0 Å². The third kappa shape index (κ3) is 1.70. The first-order valence-electron chi connectivity index (χ1n) is 3.42. The first-order valence-corrected chi connectivity index (χ1v) is 3.42. The Kier molecular flexibility index (Phi) is 2.79. The molecule has 0 aliphatic carbocycles. The van der Waals surface area contributed by atoms with Gasteiger partial charge in [0.1, 0.15) is 11.4 Å². The second kappa shape index (κ2) is 3.85. The van der Waals surface area contributed by atoms with Crippen molar-refractivity contribution in [3.05, 3.63) is 40.7 Å². The highest BCUT2D eigenvalue weighted by Gasteiger charge is 2.19. The first-order chi connectivity index (χ1) is 6.60. The number of nitrogens with zero attached hydrogens (tertiary/aromatic N) is 2. The van der Waals surface area contributed by atoms with Gasteiger partial charge >= 0.3 is 5.71 Å². The monoisotopic (exact) mass is 200 g/mol. The molecule has 3 nitrogen and oxygen atoms in total. The fourth-order valence-electron chi connectivity index (χ4n) is 0.860. The van der Waals surface area contributed by atoms with Crippen LogP contribution in [0.4, 0.5) is 13.2 Å². The number of benzene rings is 1. The van der Waals surface area contributed by atoms with E-state index in [1.165, 1.54) is 0 Å². The zero-order valence-corrected chi connectivity index (χ0v) is 6.67. The van der Waals surface area contributed by atoms with Crippen LogP contribution in [0.25, 0.3) is 5.53 Å². The van der Waals surface area contributed by atoms with Gasteiger partial charge in [0.05, 0.1) is 0 Å². The molecule has 6 heteroatoms. The lowest BCUT2D eigenvalue weighted by Gasteiger charge is -1.96. The summed E-state index contributed by atoms with van der Waals surface area (Å²) in [6.07, 6.45) is 0.0236. The number of carbonyl (C=O) groups excluding carboxylic acids is 1. The van der Waals surface area contributed by atoms with Crippen LogP contribution < -0.4 is 0 Å². The van der Waals surface area contributed by atoms with Crippen molar-refractivity contribution in [2.75, 3.05) is 0 Å². The molecule has 1 aromatic carbocycles. The van der Waals surface area contributed by atoms with Crippen LogP contribution in [-0.4, -0.2) is 16.8 Å². The molecule has 0 bridgehead atoms. The molecule has 0 atom stereocenters. The summed E-state index contributed by atoms with van der Waals surface area (Å²) in [6, 6.07) is 0.702. The minimum absolute atomic E-state index is 0.0236. The molecule has 0 amide bonds. The van der Waals surface area contributed by atoms with Crippen molar-refractivity contribution < 1.29 is 22.8 Å². The van der Waals surface area contributed by atoms with Gasteiger partial charge in [-0.2, -0.15) is 4.79 Å². The zero-order chi connectivity index (χ0) is 10.7. The smallest absolute Gasteiger partial charge is 0.361 e. The van der Waals surface area contributed by atoms with Crippen LogP contribution in [-0.2, 0) is 4.79 Å². The highest BCUT2D eigenvalue weighted by Crippen LogP contribution is 2.13. The molecule has 0 unspecified atom stereocenters. The summed E-state index contributed by atoms with van der Waals surface area (Å²) in [7, 11) is 0. The fraction of sp³-hybridized carbons (Fsp3) is 0. The van der Waals surface area contributed by atoms with Crippen molar-refractivity contribution in [3.63, 3.8) is 0 Å². The SMILES string of the molecule is [N-]=[N+]=C(C=O)c1cc(F)c(F)cc1F.